The molecule has 0 radical (unpaired) electrons. The van der Waals surface area contributed by atoms with Gasteiger partial charge >= 0.3 is 0 Å². The van der Waals surface area contributed by atoms with E-state index in [4.69, 9.17) is 0 Å². The Morgan fingerprint density at radius 2 is 2.09 bits per heavy atom. The van der Waals surface area contributed by atoms with E-state index < -0.39 is 0 Å². The third-order valence-electron chi connectivity index (χ3n) is 4.36. The lowest BCUT2D eigenvalue weighted by Gasteiger charge is -2.20. The van der Waals surface area contributed by atoms with Crippen molar-refractivity contribution in [3.8, 4) is 0 Å². The molecule has 116 valence electrons. The lowest BCUT2D eigenvalue weighted by atomic mass is 10.0. The Morgan fingerprint density at radius 1 is 1.32 bits per heavy atom. The minimum atomic E-state index is 0.0343. The van der Waals surface area contributed by atoms with Gasteiger partial charge in [-0.25, -0.2) is 0 Å². The zero-order valence-corrected chi connectivity index (χ0v) is 14.4. The van der Waals surface area contributed by atoms with Crippen molar-refractivity contribution in [2.24, 2.45) is 0 Å². The van der Waals surface area contributed by atoms with Crippen LogP contribution in [0.4, 0.5) is 0 Å². The number of carbonyl (C=O) groups is 1. The van der Waals surface area contributed by atoms with Gasteiger partial charge in [-0.3, -0.25) is 4.79 Å². The Kier molecular flexibility index (Phi) is 4.67. The molecule has 1 aliphatic rings. The molecule has 0 saturated heterocycles. The number of rotatable bonds is 4. The summed E-state index contributed by atoms with van der Waals surface area (Å²) in [5.41, 5.74) is 3.14. The first-order chi connectivity index (χ1) is 10.7. The minimum Gasteiger partial charge on any atom is -0.345 e. The normalized spacial score (nSPS) is 15.2. The number of amides is 1. The number of nitrogens with zero attached hydrogens (tertiary/aromatic N) is 1. The second kappa shape index (κ2) is 6.69. The van der Waals surface area contributed by atoms with Crippen LogP contribution in [-0.4, -0.2) is 10.5 Å². The first kappa shape index (κ1) is 15.3. The van der Waals surface area contributed by atoms with E-state index >= 15 is 0 Å². The zero-order valence-electron chi connectivity index (χ0n) is 12.8. The standard InChI is InChI=1S/C18H21BrN2O/c1-2-15(13-8-4-3-5-9-13)20-18(22)14-12-17(19)21-11-7-6-10-16(14)21/h3-5,8-9,12,15H,2,6-7,10-11H2,1H3,(H,20,22)/t15-/m1/s1. The quantitative estimate of drug-likeness (QED) is 0.857. The molecule has 0 aliphatic carbocycles. The molecule has 0 fully saturated rings. The number of fused-ring (bicyclic) bond motifs is 1. The van der Waals surface area contributed by atoms with Gasteiger partial charge in [0.2, 0.25) is 0 Å². The van der Waals surface area contributed by atoms with Crippen LogP contribution < -0.4 is 5.32 Å². The molecular formula is C18H21BrN2O. The largest absolute Gasteiger partial charge is 0.345 e. The summed E-state index contributed by atoms with van der Waals surface area (Å²) in [6.07, 6.45) is 4.21. The zero-order chi connectivity index (χ0) is 15.5. The van der Waals surface area contributed by atoms with Gasteiger partial charge in [0, 0.05) is 12.2 Å². The van der Waals surface area contributed by atoms with E-state index in [1.54, 1.807) is 0 Å². The summed E-state index contributed by atoms with van der Waals surface area (Å²) < 4.78 is 3.24. The van der Waals surface area contributed by atoms with Crippen molar-refractivity contribution in [1.29, 1.82) is 0 Å². The van der Waals surface area contributed by atoms with Gasteiger partial charge in [0.25, 0.3) is 5.91 Å². The fourth-order valence-electron chi connectivity index (χ4n) is 3.17. The van der Waals surface area contributed by atoms with Gasteiger partial charge in [0.05, 0.1) is 16.2 Å². The van der Waals surface area contributed by atoms with Crippen LogP contribution in [0.15, 0.2) is 41.0 Å². The molecule has 1 aromatic heterocycles. The second-order valence-corrected chi connectivity index (χ2v) is 6.59. The van der Waals surface area contributed by atoms with Crippen molar-refractivity contribution in [3.05, 3.63) is 57.8 Å². The van der Waals surface area contributed by atoms with Crippen molar-refractivity contribution in [1.82, 2.24) is 9.88 Å². The molecule has 4 heteroatoms. The van der Waals surface area contributed by atoms with Crippen LogP contribution in [0.5, 0.6) is 0 Å². The number of carbonyl (C=O) groups excluding carboxylic acids is 1. The Balaban J connectivity index is 1.82. The maximum Gasteiger partial charge on any atom is 0.253 e. The Bertz CT molecular complexity index is 663. The molecule has 0 unspecified atom stereocenters. The first-order valence-corrected chi connectivity index (χ1v) is 8.73. The number of nitrogens with one attached hydrogen (secondary N) is 1. The fourth-order valence-corrected chi connectivity index (χ4v) is 3.79. The van der Waals surface area contributed by atoms with Crippen LogP contribution in [0.1, 0.15) is 53.8 Å². The monoisotopic (exact) mass is 360 g/mol. The number of benzene rings is 1. The summed E-state index contributed by atoms with van der Waals surface area (Å²) in [6.45, 7) is 3.10. The molecule has 3 nitrogen and oxygen atoms in total. The highest BCUT2D eigenvalue weighted by atomic mass is 79.9. The van der Waals surface area contributed by atoms with Crippen LogP contribution in [0, 0.1) is 0 Å². The lowest BCUT2D eigenvalue weighted by Crippen LogP contribution is -2.29. The predicted molar refractivity (Wildman–Crippen MR) is 92.0 cm³/mol. The van der Waals surface area contributed by atoms with Gasteiger partial charge in [0.15, 0.2) is 0 Å². The van der Waals surface area contributed by atoms with E-state index in [2.05, 4.69) is 44.9 Å². The molecule has 0 saturated carbocycles. The van der Waals surface area contributed by atoms with Crippen molar-refractivity contribution >= 4 is 21.8 Å². The summed E-state index contributed by atoms with van der Waals surface area (Å²) in [5, 5.41) is 3.19. The van der Waals surface area contributed by atoms with E-state index in [-0.39, 0.29) is 11.9 Å². The molecule has 1 atom stereocenters. The molecule has 0 spiro atoms. The summed E-state index contributed by atoms with van der Waals surface area (Å²) in [4.78, 5) is 12.7. The molecule has 1 N–H and O–H groups in total. The maximum absolute atomic E-state index is 12.7. The SMILES string of the molecule is CC[C@@H](NC(=O)c1cc(Br)n2c1CCCC2)c1ccccc1. The van der Waals surface area contributed by atoms with Crippen molar-refractivity contribution in [3.63, 3.8) is 0 Å². The number of hydrogen-bond donors (Lipinski definition) is 1. The minimum absolute atomic E-state index is 0.0343. The van der Waals surface area contributed by atoms with Crippen LogP contribution in [0.2, 0.25) is 0 Å². The van der Waals surface area contributed by atoms with E-state index in [9.17, 15) is 4.79 Å². The lowest BCUT2D eigenvalue weighted by molar-refractivity contribution is 0.0934. The summed E-state index contributed by atoms with van der Waals surface area (Å²) in [5.74, 6) is 0.0343. The molecule has 22 heavy (non-hydrogen) atoms. The Hall–Kier alpha value is -1.55. The topological polar surface area (TPSA) is 34.0 Å². The number of hydrogen-bond acceptors (Lipinski definition) is 1. The molecule has 0 bridgehead atoms. The molecule has 1 aromatic carbocycles. The van der Waals surface area contributed by atoms with Crippen LogP contribution in [-0.2, 0) is 13.0 Å². The average Bonchev–Trinajstić information content (AvgIpc) is 2.91. The van der Waals surface area contributed by atoms with Gasteiger partial charge in [0.1, 0.15) is 0 Å². The molecule has 1 amide bonds. The van der Waals surface area contributed by atoms with Gasteiger partial charge < -0.3 is 9.88 Å². The van der Waals surface area contributed by atoms with Gasteiger partial charge in [-0.1, -0.05) is 37.3 Å². The highest BCUT2D eigenvalue weighted by Crippen LogP contribution is 2.27. The number of aromatic nitrogens is 1. The van der Waals surface area contributed by atoms with Crippen LogP contribution >= 0.6 is 15.9 Å². The Labute approximate surface area is 139 Å². The molecule has 2 heterocycles. The van der Waals surface area contributed by atoms with Crippen LogP contribution in [0.3, 0.4) is 0 Å². The van der Waals surface area contributed by atoms with Crippen molar-refractivity contribution in [2.75, 3.05) is 0 Å². The van der Waals surface area contributed by atoms with E-state index in [0.717, 1.165) is 41.5 Å². The van der Waals surface area contributed by atoms with Crippen molar-refractivity contribution in [2.45, 2.75) is 45.2 Å². The van der Waals surface area contributed by atoms with Crippen LogP contribution in [0.25, 0.3) is 0 Å². The molecule has 3 rings (SSSR count). The Morgan fingerprint density at radius 3 is 2.82 bits per heavy atom. The van der Waals surface area contributed by atoms with E-state index in [1.807, 2.05) is 24.3 Å². The molecule has 1 aliphatic heterocycles. The third-order valence-corrected chi connectivity index (χ3v) is 5.02. The molecule has 2 aromatic rings. The van der Waals surface area contributed by atoms with Gasteiger partial charge in [-0.2, -0.15) is 0 Å². The summed E-state index contributed by atoms with van der Waals surface area (Å²) in [6, 6.07) is 12.2. The highest BCUT2D eigenvalue weighted by molar-refractivity contribution is 9.10. The maximum atomic E-state index is 12.7. The predicted octanol–water partition coefficient (Wildman–Crippen LogP) is 4.47. The highest BCUT2D eigenvalue weighted by Gasteiger charge is 2.23. The van der Waals surface area contributed by atoms with E-state index in [0.29, 0.717) is 0 Å². The summed E-state index contributed by atoms with van der Waals surface area (Å²) >= 11 is 3.58. The fraction of sp³-hybridized carbons (Fsp3) is 0.389. The second-order valence-electron chi connectivity index (χ2n) is 5.78. The third kappa shape index (κ3) is 2.98. The van der Waals surface area contributed by atoms with Gasteiger partial charge in [-0.05, 0) is 53.2 Å². The smallest absolute Gasteiger partial charge is 0.253 e. The molecular weight excluding hydrogens is 340 g/mol. The van der Waals surface area contributed by atoms with E-state index in [1.165, 1.54) is 12.1 Å². The van der Waals surface area contributed by atoms with Gasteiger partial charge in [-0.15, -0.1) is 0 Å². The number of halogens is 1. The van der Waals surface area contributed by atoms with Crippen molar-refractivity contribution < 1.29 is 4.79 Å². The summed E-state index contributed by atoms with van der Waals surface area (Å²) in [7, 11) is 0. The first-order valence-electron chi connectivity index (χ1n) is 7.94. The average molecular weight is 361 g/mol.